The van der Waals surface area contributed by atoms with Crippen molar-refractivity contribution in [2.45, 2.75) is 31.1 Å². The van der Waals surface area contributed by atoms with Gasteiger partial charge in [-0.25, -0.2) is 13.2 Å². The van der Waals surface area contributed by atoms with E-state index in [4.69, 9.17) is 21.1 Å². The van der Waals surface area contributed by atoms with Crippen molar-refractivity contribution in [2.24, 2.45) is 0 Å². The van der Waals surface area contributed by atoms with Crippen LogP contribution in [-0.4, -0.2) is 50.7 Å². The predicted molar refractivity (Wildman–Crippen MR) is 101 cm³/mol. The highest BCUT2D eigenvalue weighted by Crippen LogP contribution is 2.33. The predicted octanol–water partition coefficient (Wildman–Crippen LogP) is 3.18. The Bertz CT molecular complexity index is 830. The van der Waals surface area contributed by atoms with E-state index in [2.05, 4.69) is 15.9 Å². The van der Waals surface area contributed by atoms with E-state index >= 15 is 0 Å². The molecule has 0 unspecified atom stereocenters. The summed E-state index contributed by atoms with van der Waals surface area (Å²) in [5.74, 6) is -0.858. The number of sulfone groups is 1. The quantitative estimate of drug-likeness (QED) is 0.596. The van der Waals surface area contributed by atoms with Gasteiger partial charge in [-0.3, -0.25) is 9.69 Å². The Hall–Kier alpha value is -1.32. The number of carbonyl (C=O) groups is 2. The Morgan fingerprint density at radius 2 is 2.15 bits per heavy atom. The van der Waals surface area contributed by atoms with Crippen LogP contribution in [-0.2, 0) is 24.1 Å². The van der Waals surface area contributed by atoms with Crippen LogP contribution in [0.25, 0.3) is 0 Å². The number of anilines is 1. The fraction of sp³-hybridized carbons (Fsp3) is 0.500. The largest absolute Gasteiger partial charge is 0.465 e. The summed E-state index contributed by atoms with van der Waals surface area (Å²) in [5, 5.41) is 0.422. The minimum absolute atomic E-state index is 0.0535. The Kier molecular flexibility index (Phi) is 6.24. The van der Waals surface area contributed by atoms with E-state index in [9.17, 15) is 18.0 Å². The number of ether oxygens (including phenoxy) is 2. The summed E-state index contributed by atoms with van der Waals surface area (Å²) in [6.45, 7) is 3.03. The topological polar surface area (TPSA) is 90.0 Å². The highest BCUT2D eigenvalue weighted by Gasteiger charge is 2.49. The lowest BCUT2D eigenvalue weighted by atomic mass is 10.0. The van der Waals surface area contributed by atoms with Crippen molar-refractivity contribution in [2.75, 3.05) is 24.3 Å². The number of benzene rings is 1. The van der Waals surface area contributed by atoms with Crippen LogP contribution in [0.4, 0.5) is 10.5 Å². The number of esters is 1. The first-order valence-electron chi connectivity index (χ1n) is 7.79. The molecule has 2 atom stereocenters. The molecule has 1 amide bonds. The lowest BCUT2D eigenvalue weighted by molar-refractivity contribution is -0.146. The van der Waals surface area contributed by atoms with Gasteiger partial charge in [-0.2, -0.15) is 0 Å². The zero-order valence-electron chi connectivity index (χ0n) is 14.5. The van der Waals surface area contributed by atoms with Crippen molar-refractivity contribution >= 4 is 55.1 Å². The van der Waals surface area contributed by atoms with Gasteiger partial charge in [-0.1, -0.05) is 11.6 Å². The Balaban J connectivity index is 2.23. The number of halogens is 2. The average molecular weight is 469 g/mol. The smallest absolute Gasteiger partial charge is 0.414 e. The molecule has 10 heteroatoms. The van der Waals surface area contributed by atoms with Gasteiger partial charge in [-0.05, 0) is 48.0 Å². The molecule has 1 fully saturated rings. The summed E-state index contributed by atoms with van der Waals surface area (Å²) in [6.07, 6.45) is -0.647. The zero-order valence-corrected chi connectivity index (χ0v) is 17.7. The van der Waals surface area contributed by atoms with Crippen molar-refractivity contribution in [1.82, 2.24) is 0 Å². The van der Waals surface area contributed by atoms with Crippen molar-refractivity contribution < 1.29 is 27.5 Å². The Labute approximate surface area is 165 Å². The zero-order chi connectivity index (χ0) is 19.7. The van der Waals surface area contributed by atoms with Crippen LogP contribution in [0.15, 0.2) is 22.7 Å². The van der Waals surface area contributed by atoms with E-state index in [0.717, 1.165) is 6.26 Å². The molecule has 7 nitrogen and oxygen atoms in total. The third-order valence-corrected chi connectivity index (χ3v) is 7.43. The van der Waals surface area contributed by atoms with Crippen LogP contribution >= 0.6 is 27.5 Å². The van der Waals surface area contributed by atoms with Gasteiger partial charge in [0.15, 0.2) is 14.6 Å². The van der Waals surface area contributed by atoms with Crippen LogP contribution in [0.1, 0.15) is 20.3 Å². The molecule has 2 rings (SSSR count). The standard InChI is InChI=1S/C16H19BrClNO6S/c1-4-24-14(20)16(2,26(3,22)23)8-11-9-19(15(21)25-11)10-5-6-12(17)13(18)7-10/h5-7,11H,4,8-9H2,1-3H3/t11-,16+/m0/s1. The molecule has 26 heavy (non-hydrogen) atoms. The SMILES string of the molecule is CCOC(=O)[C@@](C)(C[C@H]1CN(c2ccc(Br)c(Cl)c2)C(=O)O1)S(C)(=O)=O. The molecule has 0 N–H and O–H groups in total. The average Bonchev–Trinajstić information content (AvgIpc) is 2.89. The number of rotatable bonds is 6. The number of hydrogen-bond donors (Lipinski definition) is 0. The fourth-order valence-electron chi connectivity index (χ4n) is 2.60. The molecule has 144 valence electrons. The number of amides is 1. The minimum Gasteiger partial charge on any atom is -0.465 e. The Morgan fingerprint density at radius 3 is 2.69 bits per heavy atom. The van der Waals surface area contributed by atoms with E-state index in [1.54, 1.807) is 25.1 Å². The summed E-state index contributed by atoms with van der Waals surface area (Å²) < 4.78 is 33.5. The van der Waals surface area contributed by atoms with Gasteiger partial charge in [0, 0.05) is 22.8 Å². The van der Waals surface area contributed by atoms with Crippen molar-refractivity contribution in [3.8, 4) is 0 Å². The molecule has 0 spiro atoms. The number of carbonyl (C=O) groups excluding carboxylic acids is 2. The van der Waals surface area contributed by atoms with Crippen molar-refractivity contribution in [1.29, 1.82) is 0 Å². The van der Waals surface area contributed by atoms with Gasteiger partial charge in [0.2, 0.25) is 0 Å². The molecule has 0 aromatic heterocycles. The molecule has 0 aliphatic carbocycles. The van der Waals surface area contributed by atoms with E-state index < -0.39 is 32.8 Å². The van der Waals surface area contributed by atoms with Gasteiger partial charge in [-0.15, -0.1) is 0 Å². The third kappa shape index (κ3) is 4.15. The second-order valence-corrected chi connectivity index (χ2v) is 9.85. The van der Waals surface area contributed by atoms with E-state index in [0.29, 0.717) is 15.2 Å². The first-order chi connectivity index (χ1) is 12.0. The molecule has 0 saturated carbocycles. The maximum atomic E-state index is 12.2. The molecule has 1 aliphatic rings. The molecule has 0 bridgehead atoms. The molecule has 1 aromatic rings. The van der Waals surface area contributed by atoms with Gasteiger partial charge in [0.1, 0.15) is 6.10 Å². The summed E-state index contributed by atoms with van der Waals surface area (Å²) in [6, 6.07) is 4.97. The first-order valence-corrected chi connectivity index (χ1v) is 10.9. The molecule has 0 radical (unpaired) electrons. The molecule has 1 aliphatic heterocycles. The van der Waals surface area contributed by atoms with Crippen LogP contribution in [0, 0.1) is 0 Å². The maximum Gasteiger partial charge on any atom is 0.414 e. The highest BCUT2D eigenvalue weighted by molar-refractivity contribution is 9.10. The summed E-state index contributed by atoms with van der Waals surface area (Å²) in [5.41, 5.74) is 0.517. The van der Waals surface area contributed by atoms with E-state index in [-0.39, 0.29) is 19.6 Å². The van der Waals surface area contributed by atoms with Crippen LogP contribution < -0.4 is 4.90 Å². The molecule has 1 saturated heterocycles. The van der Waals surface area contributed by atoms with Gasteiger partial charge in [0.05, 0.1) is 18.2 Å². The van der Waals surface area contributed by atoms with Gasteiger partial charge in [0.25, 0.3) is 0 Å². The van der Waals surface area contributed by atoms with Gasteiger partial charge < -0.3 is 9.47 Å². The lowest BCUT2D eigenvalue weighted by Gasteiger charge is -2.27. The van der Waals surface area contributed by atoms with Crippen LogP contribution in [0.3, 0.4) is 0 Å². The number of cyclic esters (lactones) is 1. The number of nitrogens with zero attached hydrogens (tertiary/aromatic N) is 1. The highest BCUT2D eigenvalue weighted by atomic mass is 79.9. The molecular formula is C16H19BrClNO6S. The molecular weight excluding hydrogens is 450 g/mol. The normalized spacial score (nSPS) is 19.8. The van der Waals surface area contributed by atoms with E-state index in [1.807, 2.05) is 0 Å². The second kappa shape index (κ2) is 7.74. The molecule has 1 heterocycles. The monoisotopic (exact) mass is 467 g/mol. The lowest BCUT2D eigenvalue weighted by Crippen LogP contribution is -2.47. The van der Waals surface area contributed by atoms with E-state index in [1.165, 1.54) is 11.8 Å². The maximum absolute atomic E-state index is 12.2. The van der Waals surface area contributed by atoms with Crippen molar-refractivity contribution in [3.63, 3.8) is 0 Å². The van der Waals surface area contributed by atoms with Gasteiger partial charge >= 0.3 is 12.1 Å². The second-order valence-electron chi connectivity index (χ2n) is 6.14. The summed E-state index contributed by atoms with van der Waals surface area (Å²) >= 11 is 9.33. The number of hydrogen-bond acceptors (Lipinski definition) is 6. The minimum atomic E-state index is -3.80. The van der Waals surface area contributed by atoms with Crippen LogP contribution in [0.2, 0.25) is 5.02 Å². The summed E-state index contributed by atoms with van der Waals surface area (Å²) in [7, 11) is -3.80. The first kappa shape index (κ1) is 21.0. The fourth-order valence-corrected chi connectivity index (χ4v) is 3.87. The Morgan fingerprint density at radius 1 is 1.50 bits per heavy atom. The third-order valence-electron chi connectivity index (χ3n) is 4.23. The van der Waals surface area contributed by atoms with Crippen molar-refractivity contribution in [3.05, 3.63) is 27.7 Å². The van der Waals surface area contributed by atoms with Crippen LogP contribution in [0.5, 0.6) is 0 Å². The molecule has 1 aromatic carbocycles. The summed E-state index contributed by atoms with van der Waals surface area (Å²) in [4.78, 5) is 25.8.